The molecule has 0 atom stereocenters. The minimum absolute atomic E-state index is 0.0363. The van der Waals surface area contributed by atoms with Crippen LogP contribution in [0.2, 0.25) is 0 Å². The molecule has 0 aliphatic rings. The number of hydrogen-bond acceptors (Lipinski definition) is 6. The fourth-order valence-electron chi connectivity index (χ4n) is 2.54. The summed E-state index contributed by atoms with van der Waals surface area (Å²) in [5.41, 5.74) is 1.80. The van der Waals surface area contributed by atoms with Crippen LogP contribution in [0.1, 0.15) is 12.0 Å². The largest absolute Gasteiger partial charge is 0.497 e. The standard InChI is InChI=1S/C20H26N2O5/c1-24-16-7-5-14(6-8-16)13-22-19(23)9-10-21-15-11-17(25-2)20(27-4)18(12-15)26-3/h5-8,11-12,21H,9-10,13H2,1-4H3,(H,22,23). The first-order valence-electron chi connectivity index (χ1n) is 8.54. The van der Waals surface area contributed by atoms with E-state index in [1.807, 2.05) is 24.3 Å². The number of nitrogens with one attached hydrogen (secondary N) is 2. The van der Waals surface area contributed by atoms with Gasteiger partial charge in [0.15, 0.2) is 11.5 Å². The highest BCUT2D eigenvalue weighted by Crippen LogP contribution is 2.39. The van der Waals surface area contributed by atoms with Crippen LogP contribution in [-0.4, -0.2) is 40.9 Å². The van der Waals surface area contributed by atoms with Gasteiger partial charge in [0.05, 0.1) is 28.4 Å². The first-order valence-corrected chi connectivity index (χ1v) is 8.54. The molecule has 27 heavy (non-hydrogen) atoms. The van der Waals surface area contributed by atoms with Crippen molar-refractivity contribution in [2.45, 2.75) is 13.0 Å². The van der Waals surface area contributed by atoms with Gasteiger partial charge in [-0.2, -0.15) is 0 Å². The zero-order valence-electron chi connectivity index (χ0n) is 16.1. The van der Waals surface area contributed by atoms with Crippen molar-refractivity contribution in [3.63, 3.8) is 0 Å². The zero-order valence-corrected chi connectivity index (χ0v) is 16.1. The van der Waals surface area contributed by atoms with E-state index in [1.54, 1.807) is 40.6 Å². The van der Waals surface area contributed by atoms with Crippen molar-refractivity contribution < 1.29 is 23.7 Å². The van der Waals surface area contributed by atoms with E-state index in [2.05, 4.69) is 10.6 Å². The second kappa shape index (κ2) is 10.2. The van der Waals surface area contributed by atoms with E-state index in [9.17, 15) is 4.79 Å². The average Bonchev–Trinajstić information content (AvgIpc) is 2.71. The third-order valence-corrected chi connectivity index (χ3v) is 3.99. The van der Waals surface area contributed by atoms with E-state index in [0.29, 0.717) is 36.8 Å². The SMILES string of the molecule is COc1ccc(CNC(=O)CCNc2cc(OC)c(OC)c(OC)c2)cc1. The number of ether oxygens (including phenoxy) is 4. The van der Waals surface area contributed by atoms with Crippen LogP contribution in [0, 0.1) is 0 Å². The number of anilines is 1. The molecule has 2 N–H and O–H groups in total. The summed E-state index contributed by atoms with van der Waals surface area (Å²) in [6, 6.07) is 11.2. The van der Waals surface area contributed by atoms with Crippen LogP contribution in [0.3, 0.4) is 0 Å². The van der Waals surface area contributed by atoms with E-state index in [1.165, 1.54) is 0 Å². The van der Waals surface area contributed by atoms with Gasteiger partial charge in [0.2, 0.25) is 11.7 Å². The number of hydrogen-bond donors (Lipinski definition) is 2. The van der Waals surface area contributed by atoms with Crippen molar-refractivity contribution in [3.05, 3.63) is 42.0 Å². The van der Waals surface area contributed by atoms with Gasteiger partial charge in [-0.25, -0.2) is 0 Å². The molecule has 0 aromatic heterocycles. The number of rotatable bonds is 10. The smallest absolute Gasteiger partial charge is 0.222 e. The first-order chi connectivity index (χ1) is 13.1. The van der Waals surface area contributed by atoms with Crippen LogP contribution in [0.4, 0.5) is 5.69 Å². The van der Waals surface area contributed by atoms with Gasteiger partial charge in [0.25, 0.3) is 0 Å². The minimum Gasteiger partial charge on any atom is -0.497 e. The molecule has 0 saturated carbocycles. The Morgan fingerprint density at radius 2 is 1.52 bits per heavy atom. The molecule has 2 aromatic carbocycles. The van der Waals surface area contributed by atoms with Gasteiger partial charge in [-0.3, -0.25) is 4.79 Å². The normalized spacial score (nSPS) is 10.1. The molecule has 0 aliphatic heterocycles. The molecule has 1 amide bonds. The molecule has 0 fully saturated rings. The van der Waals surface area contributed by atoms with E-state index in [4.69, 9.17) is 18.9 Å². The molecule has 0 bridgehead atoms. The molecule has 0 spiro atoms. The maximum atomic E-state index is 12.0. The highest BCUT2D eigenvalue weighted by molar-refractivity contribution is 5.76. The average molecular weight is 374 g/mol. The predicted molar refractivity (Wildman–Crippen MR) is 104 cm³/mol. The molecule has 7 nitrogen and oxygen atoms in total. The van der Waals surface area contributed by atoms with Crippen LogP contribution in [0.15, 0.2) is 36.4 Å². The molecule has 2 rings (SSSR count). The van der Waals surface area contributed by atoms with E-state index < -0.39 is 0 Å². The second-order valence-corrected chi connectivity index (χ2v) is 5.72. The fourth-order valence-corrected chi connectivity index (χ4v) is 2.54. The first kappa shape index (κ1) is 20.2. The molecular weight excluding hydrogens is 348 g/mol. The molecule has 0 saturated heterocycles. The van der Waals surface area contributed by atoms with E-state index >= 15 is 0 Å². The molecule has 2 aromatic rings. The van der Waals surface area contributed by atoms with Gasteiger partial charge < -0.3 is 29.6 Å². The third kappa shape index (κ3) is 5.70. The van der Waals surface area contributed by atoms with Crippen molar-refractivity contribution in [2.75, 3.05) is 40.3 Å². The summed E-state index contributed by atoms with van der Waals surface area (Å²) in [6.07, 6.45) is 0.340. The molecule has 146 valence electrons. The number of carbonyl (C=O) groups excluding carboxylic acids is 1. The lowest BCUT2D eigenvalue weighted by atomic mass is 10.2. The third-order valence-electron chi connectivity index (χ3n) is 3.99. The van der Waals surface area contributed by atoms with Crippen LogP contribution in [-0.2, 0) is 11.3 Å². The summed E-state index contributed by atoms with van der Waals surface area (Å²) in [4.78, 5) is 12.0. The molecule has 0 heterocycles. The summed E-state index contributed by atoms with van der Waals surface area (Å²) in [5.74, 6) is 2.40. The maximum absolute atomic E-state index is 12.0. The summed E-state index contributed by atoms with van der Waals surface area (Å²) in [6.45, 7) is 0.958. The van der Waals surface area contributed by atoms with Crippen molar-refractivity contribution in [1.82, 2.24) is 5.32 Å². The van der Waals surface area contributed by atoms with Crippen molar-refractivity contribution in [1.29, 1.82) is 0 Å². The van der Waals surface area contributed by atoms with Crippen LogP contribution in [0.5, 0.6) is 23.0 Å². The lowest BCUT2D eigenvalue weighted by molar-refractivity contribution is -0.121. The Labute approximate surface area is 159 Å². The number of amides is 1. The Kier molecular flexibility index (Phi) is 7.61. The Morgan fingerprint density at radius 3 is 2.04 bits per heavy atom. The van der Waals surface area contributed by atoms with Crippen LogP contribution < -0.4 is 29.6 Å². The minimum atomic E-state index is -0.0363. The number of benzene rings is 2. The molecule has 0 unspecified atom stereocenters. The van der Waals surface area contributed by atoms with Crippen molar-refractivity contribution in [2.24, 2.45) is 0 Å². The van der Waals surface area contributed by atoms with Crippen LogP contribution >= 0.6 is 0 Å². The number of carbonyl (C=O) groups is 1. The predicted octanol–water partition coefficient (Wildman–Crippen LogP) is 2.84. The van der Waals surface area contributed by atoms with Gasteiger partial charge in [-0.1, -0.05) is 12.1 Å². The Balaban J connectivity index is 1.83. The topological polar surface area (TPSA) is 78.1 Å². The van der Waals surface area contributed by atoms with Gasteiger partial charge >= 0.3 is 0 Å². The lowest BCUT2D eigenvalue weighted by Gasteiger charge is -2.15. The van der Waals surface area contributed by atoms with Gasteiger partial charge in [0, 0.05) is 37.3 Å². The summed E-state index contributed by atoms with van der Waals surface area (Å²) in [5, 5.41) is 6.09. The highest BCUT2D eigenvalue weighted by atomic mass is 16.5. The van der Waals surface area contributed by atoms with Gasteiger partial charge in [-0.05, 0) is 17.7 Å². The Bertz CT molecular complexity index is 722. The Morgan fingerprint density at radius 1 is 0.889 bits per heavy atom. The Hall–Kier alpha value is -3.09. The van der Waals surface area contributed by atoms with E-state index in [-0.39, 0.29) is 5.91 Å². The van der Waals surface area contributed by atoms with Gasteiger partial charge in [-0.15, -0.1) is 0 Å². The lowest BCUT2D eigenvalue weighted by Crippen LogP contribution is -2.24. The zero-order chi connectivity index (χ0) is 19.6. The van der Waals surface area contributed by atoms with Crippen LogP contribution in [0.25, 0.3) is 0 Å². The fraction of sp³-hybridized carbons (Fsp3) is 0.350. The summed E-state index contributed by atoms with van der Waals surface area (Å²) < 4.78 is 21.0. The van der Waals surface area contributed by atoms with Crippen molar-refractivity contribution >= 4 is 11.6 Å². The molecule has 7 heteroatoms. The maximum Gasteiger partial charge on any atom is 0.222 e. The second-order valence-electron chi connectivity index (χ2n) is 5.72. The summed E-state index contributed by atoms with van der Waals surface area (Å²) >= 11 is 0. The molecular formula is C20H26N2O5. The highest BCUT2D eigenvalue weighted by Gasteiger charge is 2.13. The van der Waals surface area contributed by atoms with E-state index in [0.717, 1.165) is 17.0 Å². The van der Waals surface area contributed by atoms with Gasteiger partial charge in [0.1, 0.15) is 5.75 Å². The van der Waals surface area contributed by atoms with Crippen molar-refractivity contribution in [3.8, 4) is 23.0 Å². The molecule has 0 radical (unpaired) electrons. The molecule has 0 aliphatic carbocycles. The monoisotopic (exact) mass is 374 g/mol. The number of methoxy groups -OCH3 is 4. The summed E-state index contributed by atoms with van der Waals surface area (Å²) in [7, 11) is 6.31. The quantitative estimate of drug-likeness (QED) is 0.666.